The largest absolute Gasteiger partial charge is 0.340 e. The summed E-state index contributed by atoms with van der Waals surface area (Å²) in [5.74, 6) is -0.471. The van der Waals surface area contributed by atoms with Crippen LogP contribution in [0, 0.1) is 5.92 Å². The molecule has 0 aliphatic heterocycles. The SMILES string of the molecule is CCc1cccc(NC(=O)C(NC(=O)c2ccccc2)C(C)C)c1. The lowest BCUT2D eigenvalue weighted by Crippen LogP contribution is -2.47. The lowest BCUT2D eigenvalue weighted by atomic mass is 10.0. The van der Waals surface area contributed by atoms with Crippen LogP contribution in [0.3, 0.4) is 0 Å². The maximum Gasteiger partial charge on any atom is 0.251 e. The normalized spacial score (nSPS) is 11.8. The molecular weight excluding hydrogens is 300 g/mol. The third-order valence-electron chi connectivity index (χ3n) is 3.87. The molecule has 0 aromatic heterocycles. The molecule has 126 valence electrons. The summed E-state index contributed by atoms with van der Waals surface area (Å²) in [6, 6.07) is 16.1. The van der Waals surface area contributed by atoms with Crippen molar-refractivity contribution in [2.24, 2.45) is 5.92 Å². The second-order valence-electron chi connectivity index (χ2n) is 6.10. The second-order valence-corrected chi connectivity index (χ2v) is 6.10. The van der Waals surface area contributed by atoms with Gasteiger partial charge >= 0.3 is 0 Å². The number of anilines is 1. The minimum Gasteiger partial charge on any atom is -0.340 e. The molecule has 4 nitrogen and oxygen atoms in total. The van der Waals surface area contributed by atoms with Crippen molar-refractivity contribution in [2.45, 2.75) is 33.2 Å². The van der Waals surface area contributed by atoms with Gasteiger partial charge in [0.05, 0.1) is 0 Å². The van der Waals surface area contributed by atoms with Gasteiger partial charge in [-0.15, -0.1) is 0 Å². The van der Waals surface area contributed by atoms with E-state index < -0.39 is 6.04 Å². The average molecular weight is 324 g/mol. The summed E-state index contributed by atoms with van der Waals surface area (Å²) in [5, 5.41) is 5.73. The summed E-state index contributed by atoms with van der Waals surface area (Å²) in [5.41, 5.74) is 2.45. The Bertz CT molecular complexity index is 696. The van der Waals surface area contributed by atoms with Gasteiger partial charge in [-0.2, -0.15) is 0 Å². The maximum absolute atomic E-state index is 12.6. The molecule has 0 bridgehead atoms. The molecule has 0 fully saturated rings. The first-order chi connectivity index (χ1) is 11.5. The number of aryl methyl sites for hydroxylation is 1. The van der Waals surface area contributed by atoms with Crippen LogP contribution in [0.25, 0.3) is 0 Å². The standard InChI is InChI=1S/C20H24N2O2/c1-4-15-9-8-12-17(13-15)21-20(24)18(14(2)3)22-19(23)16-10-6-5-7-11-16/h5-14,18H,4H2,1-3H3,(H,21,24)(H,22,23). The number of rotatable bonds is 6. The highest BCUT2D eigenvalue weighted by atomic mass is 16.2. The molecule has 2 rings (SSSR count). The number of benzene rings is 2. The van der Waals surface area contributed by atoms with Crippen LogP contribution in [0.5, 0.6) is 0 Å². The molecule has 2 aromatic carbocycles. The van der Waals surface area contributed by atoms with E-state index in [0.29, 0.717) is 5.56 Å². The Labute approximate surface area is 143 Å². The van der Waals surface area contributed by atoms with Gasteiger partial charge in [0.1, 0.15) is 6.04 Å². The zero-order valence-electron chi connectivity index (χ0n) is 14.4. The highest BCUT2D eigenvalue weighted by Gasteiger charge is 2.24. The van der Waals surface area contributed by atoms with Crippen molar-refractivity contribution in [2.75, 3.05) is 5.32 Å². The van der Waals surface area contributed by atoms with Crippen LogP contribution >= 0.6 is 0 Å². The fraction of sp³-hybridized carbons (Fsp3) is 0.300. The maximum atomic E-state index is 12.6. The molecule has 0 saturated carbocycles. The number of hydrogen-bond acceptors (Lipinski definition) is 2. The van der Waals surface area contributed by atoms with Crippen LogP contribution in [0.1, 0.15) is 36.7 Å². The Morgan fingerprint density at radius 3 is 2.33 bits per heavy atom. The van der Waals surface area contributed by atoms with Gasteiger partial charge in [0.2, 0.25) is 5.91 Å². The molecule has 1 atom stereocenters. The van der Waals surface area contributed by atoms with Crippen molar-refractivity contribution in [3.63, 3.8) is 0 Å². The molecule has 0 aliphatic rings. The first kappa shape index (κ1) is 17.7. The van der Waals surface area contributed by atoms with E-state index in [1.165, 1.54) is 0 Å². The summed E-state index contributed by atoms with van der Waals surface area (Å²) >= 11 is 0. The second kappa shape index (κ2) is 8.29. The van der Waals surface area contributed by atoms with Gasteiger partial charge in [-0.1, -0.05) is 51.1 Å². The Kier molecular flexibility index (Phi) is 6.13. The van der Waals surface area contributed by atoms with Gasteiger partial charge < -0.3 is 10.6 Å². The summed E-state index contributed by atoms with van der Waals surface area (Å²) in [7, 11) is 0. The molecule has 0 spiro atoms. The Morgan fingerprint density at radius 2 is 1.71 bits per heavy atom. The molecule has 2 amide bonds. The zero-order valence-corrected chi connectivity index (χ0v) is 14.4. The average Bonchev–Trinajstić information content (AvgIpc) is 2.60. The number of carbonyl (C=O) groups is 2. The van der Waals surface area contributed by atoms with E-state index in [1.54, 1.807) is 24.3 Å². The van der Waals surface area contributed by atoms with Crippen LogP contribution in [-0.2, 0) is 11.2 Å². The summed E-state index contributed by atoms with van der Waals surface area (Å²) in [4.78, 5) is 24.9. The zero-order chi connectivity index (χ0) is 17.5. The molecule has 2 aromatic rings. The molecule has 4 heteroatoms. The van der Waals surface area contributed by atoms with Gasteiger partial charge in [-0.05, 0) is 42.2 Å². The van der Waals surface area contributed by atoms with Crippen LogP contribution in [-0.4, -0.2) is 17.9 Å². The van der Waals surface area contributed by atoms with Crippen molar-refractivity contribution in [3.05, 3.63) is 65.7 Å². The topological polar surface area (TPSA) is 58.2 Å². The van der Waals surface area contributed by atoms with Crippen LogP contribution < -0.4 is 10.6 Å². The van der Waals surface area contributed by atoms with Gasteiger partial charge in [-0.3, -0.25) is 9.59 Å². The lowest BCUT2D eigenvalue weighted by molar-refractivity contribution is -0.118. The molecule has 0 aliphatic carbocycles. The van der Waals surface area contributed by atoms with E-state index in [-0.39, 0.29) is 17.7 Å². The highest BCUT2D eigenvalue weighted by Crippen LogP contribution is 2.13. The van der Waals surface area contributed by atoms with E-state index >= 15 is 0 Å². The third kappa shape index (κ3) is 4.69. The monoisotopic (exact) mass is 324 g/mol. The summed E-state index contributed by atoms with van der Waals surface area (Å²) in [6.45, 7) is 5.90. The number of carbonyl (C=O) groups excluding carboxylic acids is 2. The molecule has 0 saturated heterocycles. The molecule has 2 N–H and O–H groups in total. The number of hydrogen-bond donors (Lipinski definition) is 2. The Balaban J connectivity index is 2.09. The van der Waals surface area contributed by atoms with Gasteiger partial charge in [-0.25, -0.2) is 0 Å². The van der Waals surface area contributed by atoms with Crippen molar-refractivity contribution in [1.29, 1.82) is 0 Å². The Hall–Kier alpha value is -2.62. The molecule has 0 radical (unpaired) electrons. The predicted molar refractivity (Wildman–Crippen MR) is 97.0 cm³/mol. The van der Waals surface area contributed by atoms with E-state index in [4.69, 9.17) is 0 Å². The van der Waals surface area contributed by atoms with Crippen molar-refractivity contribution < 1.29 is 9.59 Å². The Morgan fingerprint density at radius 1 is 1.00 bits per heavy atom. The number of amides is 2. The fourth-order valence-corrected chi connectivity index (χ4v) is 2.44. The predicted octanol–water partition coefficient (Wildman–Crippen LogP) is 3.64. The van der Waals surface area contributed by atoms with E-state index in [9.17, 15) is 9.59 Å². The van der Waals surface area contributed by atoms with Crippen LogP contribution in [0.2, 0.25) is 0 Å². The minimum absolute atomic E-state index is 0.0213. The summed E-state index contributed by atoms with van der Waals surface area (Å²) < 4.78 is 0. The van der Waals surface area contributed by atoms with E-state index in [1.807, 2.05) is 44.2 Å². The van der Waals surface area contributed by atoms with Gasteiger partial charge in [0.25, 0.3) is 5.91 Å². The van der Waals surface area contributed by atoms with Crippen LogP contribution in [0.4, 0.5) is 5.69 Å². The quantitative estimate of drug-likeness (QED) is 0.852. The molecule has 0 heterocycles. The van der Waals surface area contributed by atoms with Crippen molar-refractivity contribution >= 4 is 17.5 Å². The molecule has 24 heavy (non-hydrogen) atoms. The third-order valence-corrected chi connectivity index (χ3v) is 3.87. The van der Waals surface area contributed by atoms with E-state index in [2.05, 4.69) is 17.6 Å². The first-order valence-corrected chi connectivity index (χ1v) is 8.27. The minimum atomic E-state index is -0.594. The molecule has 1 unspecified atom stereocenters. The molecular formula is C20H24N2O2. The summed E-state index contributed by atoms with van der Waals surface area (Å²) in [6.07, 6.45) is 0.905. The highest BCUT2D eigenvalue weighted by molar-refractivity contribution is 6.01. The van der Waals surface area contributed by atoms with E-state index in [0.717, 1.165) is 17.7 Å². The lowest BCUT2D eigenvalue weighted by Gasteiger charge is -2.22. The fourth-order valence-electron chi connectivity index (χ4n) is 2.44. The van der Waals surface area contributed by atoms with Crippen molar-refractivity contribution in [3.8, 4) is 0 Å². The van der Waals surface area contributed by atoms with Gasteiger partial charge in [0, 0.05) is 11.3 Å². The van der Waals surface area contributed by atoms with Crippen LogP contribution in [0.15, 0.2) is 54.6 Å². The van der Waals surface area contributed by atoms with Crippen molar-refractivity contribution in [1.82, 2.24) is 5.32 Å². The first-order valence-electron chi connectivity index (χ1n) is 8.27. The number of nitrogens with one attached hydrogen (secondary N) is 2. The smallest absolute Gasteiger partial charge is 0.251 e. The van der Waals surface area contributed by atoms with Gasteiger partial charge in [0.15, 0.2) is 0 Å².